The second-order valence-electron chi connectivity index (χ2n) is 6.29. The standard InChI is InChI=1S/C18H22N4O/c1-12-5-4-10-19-16(12)17(13-6-7-13)21-18(23)14-8-9-15(20-11-14)22(2)3/h4-5,8-11,13,17H,6-7H2,1-3H3,(H,21,23)/t17-/m0/s1. The first-order chi connectivity index (χ1) is 11.1. The summed E-state index contributed by atoms with van der Waals surface area (Å²) < 4.78 is 0. The van der Waals surface area contributed by atoms with E-state index in [0.717, 1.165) is 29.9 Å². The van der Waals surface area contributed by atoms with Crippen molar-refractivity contribution in [2.75, 3.05) is 19.0 Å². The summed E-state index contributed by atoms with van der Waals surface area (Å²) in [5.41, 5.74) is 2.67. The lowest BCUT2D eigenvalue weighted by atomic mass is 10.0. The van der Waals surface area contributed by atoms with E-state index in [2.05, 4.69) is 15.3 Å². The fraction of sp³-hybridized carbons (Fsp3) is 0.389. The number of carbonyl (C=O) groups excluding carboxylic acids is 1. The van der Waals surface area contributed by atoms with Crippen LogP contribution < -0.4 is 10.2 Å². The van der Waals surface area contributed by atoms with Gasteiger partial charge in [0.25, 0.3) is 5.91 Å². The summed E-state index contributed by atoms with van der Waals surface area (Å²) in [4.78, 5) is 23.3. The van der Waals surface area contributed by atoms with Gasteiger partial charge in [-0.2, -0.15) is 0 Å². The van der Waals surface area contributed by atoms with Crippen LogP contribution in [0.3, 0.4) is 0 Å². The van der Waals surface area contributed by atoms with Gasteiger partial charge in [-0.25, -0.2) is 4.98 Å². The van der Waals surface area contributed by atoms with Crippen LogP contribution in [-0.4, -0.2) is 30.0 Å². The third-order valence-electron chi connectivity index (χ3n) is 4.19. The Labute approximate surface area is 136 Å². The molecule has 2 aromatic rings. The average Bonchev–Trinajstić information content (AvgIpc) is 3.38. The molecule has 1 aliphatic rings. The SMILES string of the molecule is Cc1cccnc1[C@@H](NC(=O)c1ccc(N(C)C)nc1)C1CC1. The highest BCUT2D eigenvalue weighted by molar-refractivity contribution is 5.94. The zero-order valence-corrected chi connectivity index (χ0v) is 13.8. The smallest absolute Gasteiger partial charge is 0.253 e. The predicted molar refractivity (Wildman–Crippen MR) is 90.5 cm³/mol. The minimum Gasteiger partial charge on any atom is -0.363 e. The molecule has 0 aromatic carbocycles. The molecule has 120 valence electrons. The second kappa shape index (κ2) is 6.36. The number of anilines is 1. The van der Waals surface area contributed by atoms with Crippen molar-refractivity contribution in [2.24, 2.45) is 5.92 Å². The normalized spacial score (nSPS) is 15.1. The molecular weight excluding hydrogens is 288 g/mol. The number of rotatable bonds is 5. The Bertz CT molecular complexity index is 692. The highest BCUT2D eigenvalue weighted by Crippen LogP contribution is 2.41. The topological polar surface area (TPSA) is 58.1 Å². The van der Waals surface area contributed by atoms with Crippen LogP contribution in [0.1, 0.15) is 40.5 Å². The molecule has 5 heteroatoms. The summed E-state index contributed by atoms with van der Waals surface area (Å²) in [5.74, 6) is 1.23. The Morgan fingerprint density at radius 3 is 2.61 bits per heavy atom. The summed E-state index contributed by atoms with van der Waals surface area (Å²) in [7, 11) is 3.85. The van der Waals surface area contributed by atoms with Gasteiger partial charge in [-0.1, -0.05) is 6.07 Å². The molecule has 2 heterocycles. The molecule has 2 aromatic heterocycles. The van der Waals surface area contributed by atoms with Gasteiger partial charge in [0.2, 0.25) is 0 Å². The van der Waals surface area contributed by atoms with E-state index in [-0.39, 0.29) is 11.9 Å². The Hall–Kier alpha value is -2.43. The Morgan fingerprint density at radius 2 is 2.04 bits per heavy atom. The van der Waals surface area contributed by atoms with Gasteiger partial charge in [-0.15, -0.1) is 0 Å². The molecular formula is C18H22N4O. The lowest BCUT2D eigenvalue weighted by molar-refractivity contribution is 0.0930. The Balaban J connectivity index is 1.78. The average molecular weight is 310 g/mol. The van der Waals surface area contributed by atoms with E-state index in [1.165, 1.54) is 0 Å². The molecule has 1 fully saturated rings. The zero-order valence-electron chi connectivity index (χ0n) is 13.8. The van der Waals surface area contributed by atoms with E-state index >= 15 is 0 Å². The third-order valence-corrected chi connectivity index (χ3v) is 4.19. The molecule has 1 amide bonds. The van der Waals surface area contributed by atoms with Gasteiger partial charge < -0.3 is 10.2 Å². The monoisotopic (exact) mass is 310 g/mol. The number of pyridine rings is 2. The lowest BCUT2D eigenvalue weighted by Crippen LogP contribution is -2.31. The second-order valence-corrected chi connectivity index (χ2v) is 6.29. The summed E-state index contributed by atoms with van der Waals surface area (Å²) in [6.45, 7) is 2.04. The molecule has 1 atom stereocenters. The molecule has 1 N–H and O–H groups in total. The number of hydrogen-bond donors (Lipinski definition) is 1. The van der Waals surface area contributed by atoms with Gasteiger partial charge in [-0.05, 0) is 49.4 Å². The van der Waals surface area contributed by atoms with E-state index < -0.39 is 0 Å². The molecule has 1 saturated carbocycles. The number of nitrogens with one attached hydrogen (secondary N) is 1. The summed E-state index contributed by atoms with van der Waals surface area (Å²) in [6, 6.07) is 7.61. The Kier molecular flexibility index (Phi) is 4.28. The molecule has 0 radical (unpaired) electrons. The Morgan fingerprint density at radius 1 is 1.26 bits per heavy atom. The molecule has 5 nitrogen and oxygen atoms in total. The largest absolute Gasteiger partial charge is 0.363 e. The van der Waals surface area contributed by atoms with Crippen molar-refractivity contribution in [3.8, 4) is 0 Å². The van der Waals surface area contributed by atoms with E-state index in [0.29, 0.717) is 11.5 Å². The molecule has 3 rings (SSSR count). The molecule has 1 aliphatic carbocycles. The number of aromatic nitrogens is 2. The maximum absolute atomic E-state index is 12.6. The zero-order chi connectivity index (χ0) is 16.4. The van der Waals surface area contributed by atoms with E-state index in [1.807, 2.05) is 50.2 Å². The van der Waals surface area contributed by atoms with Gasteiger partial charge in [0.1, 0.15) is 5.82 Å². The van der Waals surface area contributed by atoms with Gasteiger partial charge in [0.05, 0.1) is 17.3 Å². The van der Waals surface area contributed by atoms with E-state index in [4.69, 9.17) is 0 Å². The van der Waals surface area contributed by atoms with E-state index in [9.17, 15) is 4.79 Å². The first kappa shape index (κ1) is 15.5. The van der Waals surface area contributed by atoms with Gasteiger partial charge in [0.15, 0.2) is 0 Å². The summed E-state index contributed by atoms with van der Waals surface area (Å²) in [5, 5.41) is 3.15. The fourth-order valence-corrected chi connectivity index (χ4v) is 2.67. The number of amides is 1. The minimum absolute atomic E-state index is 0.0165. The van der Waals surface area contributed by atoms with Crippen molar-refractivity contribution < 1.29 is 4.79 Å². The lowest BCUT2D eigenvalue weighted by Gasteiger charge is -2.20. The van der Waals surface area contributed by atoms with Crippen molar-refractivity contribution in [3.05, 3.63) is 53.5 Å². The van der Waals surface area contributed by atoms with Crippen LogP contribution in [0.5, 0.6) is 0 Å². The fourth-order valence-electron chi connectivity index (χ4n) is 2.67. The molecule has 0 aliphatic heterocycles. The van der Waals surface area contributed by atoms with E-state index in [1.54, 1.807) is 12.4 Å². The van der Waals surface area contributed by atoms with Crippen molar-refractivity contribution in [1.82, 2.24) is 15.3 Å². The number of hydrogen-bond acceptors (Lipinski definition) is 4. The van der Waals surface area contributed by atoms with Crippen LogP contribution in [0.4, 0.5) is 5.82 Å². The quantitative estimate of drug-likeness (QED) is 0.922. The van der Waals surface area contributed by atoms with Crippen molar-refractivity contribution >= 4 is 11.7 Å². The van der Waals surface area contributed by atoms with Crippen LogP contribution >= 0.6 is 0 Å². The van der Waals surface area contributed by atoms with Crippen molar-refractivity contribution in [1.29, 1.82) is 0 Å². The molecule has 0 saturated heterocycles. The highest BCUT2D eigenvalue weighted by atomic mass is 16.1. The van der Waals surface area contributed by atoms with Crippen LogP contribution in [0.15, 0.2) is 36.7 Å². The molecule has 23 heavy (non-hydrogen) atoms. The molecule has 0 unspecified atom stereocenters. The van der Waals surface area contributed by atoms with Crippen molar-refractivity contribution in [3.63, 3.8) is 0 Å². The van der Waals surface area contributed by atoms with Gasteiger partial charge in [0, 0.05) is 26.5 Å². The maximum Gasteiger partial charge on any atom is 0.253 e. The molecule has 0 spiro atoms. The number of nitrogens with zero attached hydrogens (tertiary/aromatic N) is 3. The van der Waals surface area contributed by atoms with Crippen molar-refractivity contribution in [2.45, 2.75) is 25.8 Å². The first-order valence-corrected chi connectivity index (χ1v) is 7.92. The third kappa shape index (κ3) is 3.50. The first-order valence-electron chi connectivity index (χ1n) is 7.92. The van der Waals surface area contributed by atoms with Crippen LogP contribution in [0.25, 0.3) is 0 Å². The minimum atomic E-state index is -0.0928. The van der Waals surface area contributed by atoms with Crippen LogP contribution in [0.2, 0.25) is 0 Å². The van der Waals surface area contributed by atoms with Gasteiger partial charge >= 0.3 is 0 Å². The number of carbonyl (C=O) groups is 1. The highest BCUT2D eigenvalue weighted by Gasteiger charge is 2.35. The van der Waals surface area contributed by atoms with Gasteiger partial charge in [-0.3, -0.25) is 9.78 Å². The summed E-state index contributed by atoms with van der Waals surface area (Å²) in [6.07, 6.45) is 5.69. The predicted octanol–water partition coefficient (Wildman–Crippen LogP) is 2.73. The molecule has 0 bridgehead atoms. The number of aryl methyl sites for hydroxylation is 1. The summed E-state index contributed by atoms with van der Waals surface area (Å²) >= 11 is 0. The van der Waals surface area contributed by atoms with Crippen LogP contribution in [-0.2, 0) is 0 Å². The van der Waals surface area contributed by atoms with Crippen LogP contribution in [0, 0.1) is 12.8 Å². The maximum atomic E-state index is 12.6.